The fourth-order valence-electron chi connectivity index (χ4n) is 4.42. The molecule has 1 saturated heterocycles. The second-order valence-electron chi connectivity index (χ2n) is 7.17. The van der Waals surface area contributed by atoms with Gasteiger partial charge in [0.2, 0.25) is 0 Å². The molecule has 0 saturated carbocycles. The summed E-state index contributed by atoms with van der Waals surface area (Å²) in [5.74, 6) is 0.433. The van der Waals surface area contributed by atoms with Crippen LogP contribution in [0.4, 0.5) is 5.69 Å². The maximum Gasteiger partial charge on any atom is 0.133 e. The first-order valence-electron chi connectivity index (χ1n) is 8.76. The number of benzene rings is 3. The van der Waals surface area contributed by atoms with Crippen LogP contribution in [-0.4, -0.2) is 6.23 Å². The Bertz CT molecular complexity index is 897. The highest BCUT2D eigenvalue weighted by molar-refractivity contribution is 5.92. The van der Waals surface area contributed by atoms with Crippen LogP contribution in [0, 0.1) is 5.92 Å². The van der Waals surface area contributed by atoms with E-state index in [1.165, 1.54) is 27.6 Å². The maximum absolute atomic E-state index is 6.61. The second kappa shape index (κ2) is 5.09. The van der Waals surface area contributed by atoms with Crippen LogP contribution in [0.5, 0.6) is 0 Å². The summed E-state index contributed by atoms with van der Waals surface area (Å²) in [6, 6.07) is 24.2. The molecule has 120 valence electrons. The SMILES string of the molecule is CC(C)[C@H]1O[C@H]2c3cccc4cccc(c34)[C@H]2N1c1ccccc1. The van der Waals surface area contributed by atoms with Gasteiger partial charge in [0.1, 0.15) is 12.3 Å². The van der Waals surface area contributed by atoms with Crippen molar-refractivity contribution in [2.45, 2.75) is 32.2 Å². The Morgan fingerprint density at radius 3 is 2.25 bits per heavy atom. The van der Waals surface area contributed by atoms with Gasteiger partial charge in [0.15, 0.2) is 0 Å². The maximum atomic E-state index is 6.61. The van der Waals surface area contributed by atoms with E-state index in [0.717, 1.165) is 0 Å². The first-order valence-corrected chi connectivity index (χ1v) is 8.76. The van der Waals surface area contributed by atoms with E-state index in [0.29, 0.717) is 5.92 Å². The topological polar surface area (TPSA) is 12.5 Å². The Kier molecular flexibility index (Phi) is 2.98. The van der Waals surface area contributed by atoms with Gasteiger partial charge in [0.05, 0.1) is 6.04 Å². The van der Waals surface area contributed by atoms with E-state index in [4.69, 9.17) is 4.74 Å². The van der Waals surface area contributed by atoms with E-state index in [2.05, 4.69) is 85.5 Å². The molecule has 0 spiro atoms. The van der Waals surface area contributed by atoms with E-state index < -0.39 is 0 Å². The minimum absolute atomic E-state index is 0.103. The largest absolute Gasteiger partial charge is 0.348 e. The highest BCUT2D eigenvalue weighted by atomic mass is 16.5. The van der Waals surface area contributed by atoms with Crippen molar-refractivity contribution < 1.29 is 4.74 Å². The highest BCUT2D eigenvalue weighted by Gasteiger charge is 2.49. The van der Waals surface area contributed by atoms with Crippen LogP contribution < -0.4 is 4.90 Å². The van der Waals surface area contributed by atoms with Crippen LogP contribution in [0.3, 0.4) is 0 Å². The predicted octanol–water partition coefficient (Wildman–Crippen LogP) is 5.45. The molecular weight excluding hydrogens is 294 g/mol. The van der Waals surface area contributed by atoms with E-state index in [1.54, 1.807) is 0 Å². The number of hydrogen-bond acceptors (Lipinski definition) is 2. The molecule has 1 aliphatic heterocycles. The third kappa shape index (κ3) is 1.81. The van der Waals surface area contributed by atoms with Gasteiger partial charge in [-0.1, -0.05) is 68.4 Å². The van der Waals surface area contributed by atoms with Crippen molar-refractivity contribution >= 4 is 16.5 Å². The summed E-state index contributed by atoms with van der Waals surface area (Å²) in [6.45, 7) is 4.49. The zero-order valence-electron chi connectivity index (χ0n) is 14.0. The van der Waals surface area contributed by atoms with Crippen LogP contribution in [0.1, 0.15) is 37.1 Å². The molecule has 5 rings (SSSR count). The number of para-hydroxylation sites is 1. The van der Waals surface area contributed by atoms with Crippen molar-refractivity contribution in [2.24, 2.45) is 5.92 Å². The molecule has 1 fully saturated rings. The lowest BCUT2D eigenvalue weighted by Gasteiger charge is -2.32. The fourth-order valence-corrected chi connectivity index (χ4v) is 4.42. The lowest BCUT2D eigenvalue weighted by Crippen LogP contribution is -2.35. The Labute approximate surface area is 142 Å². The summed E-state index contributed by atoms with van der Waals surface area (Å²) < 4.78 is 6.61. The van der Waals surface area contributed by atoms with Gasteiger partial charge in [-0.3, -0.25) is 0 Å². The lowest BCUT2D eigenvalue weighted by atomic mass is 10.0. The first kappa shape index (κ1) is 14.1. The normalized spacial score (nSPS) is 24.8. The molecule has 0 radical (unpaired) electrons. The molecule has 3 atom stereocenters. The van der Waals surface area contributed by atoms with Crippen LogP contribution in [0.15, 0.2) is 66.7 Å². The Morgan fingerprint density at radius 1 is 0.833 bits per heavy atom. The van der Waals surface area contributed by atoms with Gasteiger partial charge in [-0.15, -0.1) is 0 Å². The predicted molar refractivity (Wildman–Crippen MR) is 98.1 cm³/mol. The number of anilines is 1. The lowest BCUT2D eigenvalue weighted by molar-refractivity contribution is 0.0186. The highest BCUT2D eigenvalue weighted by Crippen LogP contribution is 2.56. The summed E-state index contributed by atoms with van der Waals surface area (Å²) in [5.41, 5.74) is 3.99. The summed E-state index contributed by atoms with van der Waals surface area (Å²) >= 11 is 0. The van der Waals surface area contributed by atoms with Crippen LogP contribution in [0.25, 0.3) is 10.8 Å². The molecule has 2 aliphatic rings. The molecule has 1 heterocycles. The van der Waals surface area contributed by atoms with E-state index in [-0.39, 0.29) is 18.4 Å². The molecule has 3 aromatic rings. The minimum Gasteiger partial charge on any atom is -0.348 e. The average molecular weight is 315 g/mol. The smallest absolute Gasteiger partial charge is 0.133 e. The van der Waals surface area contributed by atoms with Gasteiger partial charge >= 0.3 is 0 Å². The molecule has 0 bridgehead atoms. The van der Waals surface area contributed by atoms with Gasteiger partial charge in [-0.2, -0.15) is 0 Å². The second-order valence-corrected chi connectivity index (χ2v) is 7.17. The number of rotatable bonds is 2. The number of fused-ring (bicyclic) bond motifs is 3. The van der Waals surface area contributed by atoms with Crippen molar-refractivity contribution in [3.05, 3.63) is 77.9 Å². The standard InChI is InChI=1S/C22H21NO/c1-14(2)22-23(16-10-4-3-5-11-16)20-17-12-6-8-15-9-7-13-18(19(15)17)21(20)24-22/h3-14,20-22H,1-2H3/t20-,21+,22-/m1/s1. The van der Waals surface area contributed by atoms with Gasteiger partial charge in [0.25, 0.3) is 0 Å². The average Bonchev–Trinajstić information content (AvgIpc) is 3.14. The molecule has 0 unspecified atom stereocenters. The zero-order chi connectivity index (χ0) is 16.3. The zero-order valence-corrected chi connectivity index (χ0v) is 14.0. The summed E-state index contributed by atoms with van der Waals surface area (Å²) in [4.78, 5) is 2.49. The number of hydrogen-bond donors (Lipinski definition) is 0. The summed E-state index contributed by atoms with van der Waals surface area (Å²) in [5, 5.41) is 2.70. The van der Waals surface area contributed by atoms with Crippen LogP contribution in [-0.2, 0) is 4.74 Å². The molecule has 0 amide bonds. The first-order chi connectivity index (χ1) is 11.8. The molecular formula is C22H21NO. The Balaban J connectivity index is 1.73. The van der Waals surface area contributed by atoms with Crippen molar-refractivity contribution in [1.82, 2.24) is 0 Å². The molecule has 2 nitrogen and oxygen atoms in total. The molecule has 1 aliphatic carbocycles. The third-order valence-electron chi connectivity index (χ3n) is 5.37. The summed E-state index contributed by atoms with van der Waals surface area (Å²) in [6.07, 6.45) is 0.227. The van der Waals surface area contributed by atoms with Crippen molar-refractivity contribution in [1.29, 1.82) is 0 Å². The van der Waals surface area contributed by atoms with Crippen LogP contribution >= 0.6 is 0 Å². The monoisotopic (exact) mass is 315 g/mol. The summed E-state index contributed by atoms with van der Waals surface area (Å²) in [7, 11) is 0. The Hall–Kier alpha value is -2.32. The van der Waals surface area contributed by atoms with Gasteiger partial charge in [0, 0.05) is 5.69 Å². The van der Waals surface area contributed by atoms with Crippen molar-refractivity contribution in [2.75, 3.05) is 4.90 Å². The van der Waals surface area contributed by atoms with E-state index >= 15 is 0 Å². The molecule has 24 heavy (non-hydrogen) atoms. The minimum atomic E-state index is 0.103. The van der Waals surface area contributed by atoms with Gasteiger partial charge in [-0.25, -0.2) is 0 Å². The van der Waals surface area contributed by atoms with Crippen molar-refractivity contribution in [3.8, 4) is 0 Å². The molecule has 0 N–H and O–H groups in total. The fraction of sp³-hybridized carbons (Fsp3) is 0.273. The van der Waals surface area contributed by atoms with E-state index in [9.17, 15) is 0 Å². The van der Waals surface area contributed by atoms with Gasteiger partial charge < -0.3 is 9.64 Å². The Morgan fingerprint density at radius 2 is 1.54 bits per heavy atom. The third-order valence-corrected chi connectivity index (χ3v) is 5.37. The quantitative estimate of drug-likeness (QED) is 0.623. The number of ether oxygens (including phenoxy) is 1. The van der Waals surface area contributed by atoms with Gasteiger partial charge in [-0.05, 0) is 39.9 Å². The molecule has 3 aromatic carbocycles. The van der Waals surface area contributed by atoms with Crippen LogP contribution in [0.2, 0.25) is 0 Å². The molecule has 0 aromatic heterocycles. The van der Waals surface area contributed by atoms with E-state index in [1.807, 2.05) is 0 Å². The molecule has 2 heteroatoms. The van der Waals surface area contributed by atoms with Crippen molar-refractivity contribution in [3.63, 3.8) is 0 Å². The number of nitrogens with zero attached hydrogens (tertiary/aromatic N) is 1.